The largest absolute Gasteiger partial charge is 0.325 e. The molecular weight excluding hydrogens is 412 g/mol. The number of aromatic nitrogens is 4. The van der Waals surface area contributed by atoms with E-state index in [9.17, 15) is 9.59 Å². The number of hydrogen-bond donors (Lipinski definition) is 2. The lowest BCUT2D eigenvalue weighted by molar-refractivity contribution is -0.115. The molecule has 4 rings (SSSR count). The van der Waals surface area contributed by atoms with Crippen LogP contribution in [0.1, 0.15) is 31.4 Å². The van der Waals surface area contributed by atoms with E-state index in [4.69, 9.17) is 0 Å². The minimum Gasteiger partial charge on any atom is -0.325 e. The highest BCUT2D eigenvalue weighted by atomic mass is 32.2. The van der Waals surface area contributed by atoms with Crippen LogP contribution in [0.15, 0.2) is 48.5 Å². The van der Waals surface area contributed by atoms with Gasteiger partial charge in [0.2, 0.25) is 11.8 Å². The number of thioether (sulfide) groups is 1. The van der Waals surface area contributed by atoms with Gasteiger partial charge in [-0.05, 0) is 61.4 Å². The average molecular weight is 437 g/mol. The number of carbonyl (C=O) groups is 2. The molecule has 31 heavy (non-hydrogen) atoms. The molecule has 1 aliphatic rings. The van der Waals surface area contributed by atoms with Gasteiger partial charge in [0.15, 0.2) is 5.82 Å². The van der Waals surface area contributed by atoms with Crippen LogP contribution < -0.4 is 10.6 Å². The van der Waals surface area contributed by atoms with Crippen LogP contribution >= 0.6 is 11.8 Å². The monoisotopic (exact) mass is 436 g/mol. The second kappa shape index (κ2) is 9.30. The maximum Gasteiger partial charge on any atom is 0.237 e. The van der Waals surface area contributed by atoms with Gasteiger partial charge in [0.05, 0.1) is 17.0 Å². The average Bonchev–Trinajstić information content (AvgIpc) is 3.50. The predicted octanol–water partition coefficient (Wildman–Crippen LogP) is 3.68. The van der Waals surface area contributed by atoms with E-state index in [-0.39, 0.29) is 22.8 Å². The third kappa shape index (κ3) is 5.49. The first kappa shape index (κ1) is 21.0. The van der Waals surface area contributed by atoms with E-state index in [0.29, 0.717) is 17.6 Å². The first-order valence-corrected chi connectivity index (χ1v) is 11.2. The van der Waals surface area contributed by atoms with E-state index >= 15 is 0 Å². The Morgan fingerprint density at radius 1 is 1.13 bits per heavy atom. The van der Waals surface area contributed by atoms with Crippen molar-refractivity contribution in [2.24, 2.45) is 0 Å². The molecule has 2 N–H and O–H groups in total. The van der Waals surface area contributed by atoms with Crippen molar-refractivity contribution >= 4 is 35.0 Å². The fraction of sp³-hybridized carbons (Fsp3) is 0.318. The van der Waals surface area contributed by atoms with Crippen LogP contribution in [0.25, 0.3) is 11.4 Å². The topological polar surface area (TPSA) is 102 Å². The minimum atomic E-state index is -0.385. The zero-order valence-corrected chi connectivity index (χ0v) is 18.2. The number of aryl methyl sites for hydroxylation is 1. The summed E-state index contributed by atoms with van der Waals surface area (Å²) < 4.78 is 1.84. The molecule has 160 valence electrons. The van der Waals surface area contributed by atoms with Gasteiger partial charge in [0.25, 0.3) is 0 Å². The number of tetrazole rings is 1. The molecule has 0 aliphatic heterocycles. The van der Waals surface area contributed by atoms with Crippen LogP contribution in [-0.4, -0.2) is 43.0 Å². The predicted molar refractivity (Wildman–Crippen MR) is 122 cm³/mol. The molecule has 1 heterocycles. The molecule has 0 spiro atoms. The summed E-state index contributed by atoms with van der Waals surface area (Å²) in [5.74, 6) is 0.599. The summed E-state index contributed by atoms with van der Waals surface area (Å²) in [6, 6.07) is 15.5. The molecule has 2 aromatic carbocycles. The minimum absolute atomic E-state index is 0.137. The lowest BCUT2D eigenvalue weighted by Gasteiger charge is -2.13. The van der Waals surface area contributed by atoms with Gasteiger partial charge in [0.1, 0.15) is 0 Å². The highest BCUT2D eigenvalue weighted by Crippen LogP contribution is 2.36. The number of carbonyl (C=O) groups excluding carboxylic acids is 2. The fourth-order valence-corrected chi connectivity index (χ4v) is 3.72. The quantitative estimate of drug-likeness (QED) is 0.558. The van der Waals surface area contributed by atoms with E-state index in [0.717, 1.165) is 29.7 Å². The second-order valence-electron chi connectivity index (χ2n) is 7.62. The molecule has 0 bridgehead atoms. The number of rotatable bonds is 8. The summed E-state index contributed by atoms with van der Waals surface area (Å²) in [6.45, 7) is 3.78. The molecule has 1 aromatic heterocycles. The SMILES string of the molecule is Cc1ccc(NC(=O)CS[C@@H](C)C(=O)Nc2cccc(-c3nnnn3C3CC3)c2)cc1. The van der Waals surface area contributed by atoms with Gasteiger partial charge >= 0.3 is 0 Å². The Labute approximate surface area is 184 Å². The van der Waals surface area contributed by atoms with Crippen molar-refractivity contribution in [3.05, 3.63) is 54.1 Å². The van der Waals surface area contributed by atoms with Crippen molar-refractivity contribution in [3.8, 4) is 11.4 Å². The van der Waals surface area contributed by atoms with Gasteiger partial charge in [-0.3, -0.25) is 9.59 Å². The lowest BCUT2D eigenvalue weighted by atomic mass is 10.2. The first-order chi connectivity index (χ1) is 15.0. The molecule has 8 nitrogen and oxygen atoms in total. The Morgan fingerprint density at radius 3 is 2.65 bits per heavy atom. The van der Waals surface area contributed by atoms with Crippen LogP contribution in [-0.2, 0) is 9.59 Å². The smallest absolute Gasteiger partial charge is 0.237 e. The Bertz CT molecular complexity index is 1080. The number of hydrogen-bond acceptors (Lipinski definition) is 6. The Morgan fingerprint density at radius 2 is 1.90 bits per heavy atom. The first-order valence-electron chi connectivity index (χ1n) is 10.2. The van der Waals surface area contributed by atoms with Crippen molar-refractivity contribution < 1.29 is 9.59 Å². The van der Waals surface area contributed by atoms with E-state index in [1.165, 1.54) is 11.8 Å². The lowest BCUT2D eigenvalue weighted by Crippen LogP contribution is -2.25. The van der Waals surface area contributed by atoms with Gasteiger partial charge in [0, 0.05) is 16.9 Å². The number of nitrogens with zero attached hydrogens (tertiary/aromatic N) is 4. The summed E-state index contributed by atoms with van der Waals surface area (Å²) in [5, 5.41) is 17.4. The summed E-state index contributed by atoms with van der Waals surface area (Å²) in [5.41, 5.74) is 3.40. The van der Waals surface area contributed by atoms with Gasteiger partial charge in [-0.1, -0.05) is 29.8 Å². The summed E-state index contributed by atoms with van der Waals surface area (Å²) in [4.78, 5) is 24.8. The van der Waals surface area contributed by atoms with E-state index in [1.54, 1.807) is 6.92 Å². The zero-order chi connectivity index (χ0) is 21.8. The summed E-state index contributed by atoms with van der Waals surface area (Å²) >= 11 is 1.29. The molecule has 0 radical (unpaired) electrons. The Kier molecular flexibility index (Phi) is 6.31. The highest BCUT2D eigenvalue weighted by Gasteiger charge is 2.28. The van der Waals surface area contributed by atoms with Crippen molar-refractivity contribution in [2.75, 3.05) is 16.4 Å². The molecule has 1 saturated carbocycles. The molecule has 9 heteroatoms. The van der Waals surface area contributed by atoms with Crippen LogP contribution in [0.5, 0.6) is 0 Å². The Hall–Kier alpha value is -3.20. The third-order valence-electron chi connectivity index (χ3n) is 4.94. The fourth-order valence-electron chi connectivity index (χ4n) is 3.04. The van der Waals surface area contributed by atoms with Crippen LogP contribution in [0.3, 0.4) is 0 Å². The molecule has 2 amide bonds. The summed E-state index contributed by atoms with van der Waals surface area (Å²) in [6.07, 6.45) is 2.17. The number of benzene rings is 2. The van der Waals surface area contributed by atoms with E-state index in [1.807, 2.05) is 60.1 Å². The number of amides is 2. The third-order valence-corrected chi connectivity index (χ3v) is 6.09. The van der Waals surface area contributed by atoms with Crippen molar-refractivity contribution in [2.45, 2.75) is 38.0 Å². The van der Waals surface area contributed by atoms with E-state index < -0.39 is 0 Å². The number of anilines is 2. The van der Waals surface area contributed by atoms with Gasteiger partial charge in [-0.15, -0.1) is 16.9 Å². The molecule has 0 saturated heterocycles. The molecule has 0 unspecified atom stereocenters. The van der Waals surface area contributed by atoms with Crippen molar-refractivity contribution in [3.63, 3.8) is 0 Å². The second-order valence-corrected chi connectivity index (χ2v) is 8.94. The zero-order valence-electron chi connectivity index (χ0n) is 17.4. The van der Waals surface area contributed by atoms with E-state index in [2.05, 4.69) is 26.2 Å². The standard InChI is InChI=1S/C22H24N6O2S/c1-14-6-8-17(9-7-14)23-20(29)13-31-15(2)22(30)24-18-5-3-4-16(12-18)21-25-26-27-28(21)19-10-11-19/h3-9,12,15,19H,10-11,13H2,1-2H3,(H,23,29)(H,24,30)/t15-/m0/s1. The van der Waals surface area contributed by atoms with Crippen LogP contribution in [0.2, 0.25) is 0 Å². The van der Waals surface area contributed by atoms with Gasteiger partial charge < -0.3 is 10.6 Å². The molecule has 1 atom stereocenters. The van der Waals surface area contributed by atoms with Crippen molar-refractivity contribution in [1.82, 2.24) is 20.2 Å². The maximum atomic E-state index is 12.6. The van der Waals surface area contributed by atoms with Crippen molar-refractivity contribution in [1.29, 1.82) is 0 Å². The summed E-state index contributed by atoms with van der Waals surface area (Å²) in [7, 11) is 0. The molecule has 1 fully saturated rings. The van der Waals surface area contributed by atoms with Crippen LogP contribution in [0.4, 0.5) is 11.4 Å². The molecule has 1 aliphatic carbocycles. The Balaban J connectivity index is 1.31. The molecular formula is C22H24N6O2S. The highest BCUT2D eigenvalue weighted by molar-refractivity contribution is 8.01. The van der Waals surface area contributed by atoms with Gasteiger partial charge in [-0.25, -0.2) is 4.68 Å². The normalized spacial score (nSPS) is 14.1. The van der Waals surface area contributed by atoms with Gasteiger partial charge in [-0.2, -0.15) is 0 Å². The molecule has 3 aromatic rings. The number of nitrogens with one attached hydrogen (secondary N) is 2. The van der Waals surface area contributed by atoms with Crippen LogP contribution in [0, 0.1) is 6.92 Å². The maximum absolute atomic E-state index is 12.6.